The molecule has 94 valence electrons. The third-order valence-corrected chi connectivity index (χ3v) is 4.06. The van der Waals surface area contributed by atoms with Gasteiger partial charge in [-0.1, -0.05) is 0 Å². The second-order valence-corrected chi connectivity index (χ2v) is 5.83. The van der Waals surface area contributed by atoms with Crippen LogP contribution in [0, 0.1) is 5.82 Å². The standard InChI is InChI=1S/C12H11FN2O2S/c13-10-5-9(6-15-7-10)8-18(16,17)12-3-1-11(14)2-4-12/h1-7H,8,14H2. The van der Waals surface area contributed by atoms with Crippen molar-refractivity contribution >= 4 is 15.5 Å². The molecule has 2 aromatic rings. The summed E-state index contributed by atoms with van der Waals surface area (Å²) >= 11 is 0. The predicted molar refractivity (Wildman–Crippen MR) is 65.9 cm³/mol. The zero-order valence-electron chi connectivity index (χ0n) is 9.38. The Balaban J connectivity index is 2.30. The van der Waals surface area contributed by atoms with E-state index >= 15 is 0 Å². The highest BCUT2D eigenvalue weighted by molar-refractivity contribution is 7.90. The van der Waals surface area contributed by atoms with Gasteiger partial charge in [-0.2, -0.15) is 0 Å². The third-order valence-electron chi connectivity index (χ3n) is 2.36. The van der Waals surface area contributed by atoms with E-state index < -0.39 is 15.7 Å². The fraction of sp³-hybridized carbons (Fsp3) is 0.0833. The quantitative estimate of drug-likeness (QED) is 0.859. The fourth-order valence-electron chi connectivity index (χ4n) is 1.51. The first-order chi connectivity index (χ1) is 8.47. The molecule has 1 aromatic carbocycles. The van der Waals surface area contributed by atoms with E-state index in [-0.39, 0.29) is 10.6 Å². The number of pyridine rings is 1. The molecular formula is C12H11FN2O2S. The minimum absolute atomic E-state index is 0.154. The van der Waals surface area contributed by atoms with Crippen LogP contribution in [0.2, 0.25) is 0 Å². The average molecular weight is 266 g/mol. The number of sulfone groups is 1. The monoisotopic (exact) mass is 266 g/mol. The maximum absolute atomic E-state index is 12.9. The third kappa shape index (κ3) is 2.84. The number of aromatic nitrogens is 1. The van der Waals surface area contributed by atoms with Gasteiger partial charge in [0.1, 0.15) is 5.82 Å². The maximum Gasteiger partial charge on any atom is 0.182 e. The van der Waals surface area contributed by atoms with Crippen LogP contribution < -0.4 is 5.73 Å². The summed E-state index contributed by atoms with van der Waals surface area (Å²) in [5, 5.41) is 0. The lowest BCUT2D eigenvalue weighted by Gasteiger charge is -2.04. The van der Waals surface area contributed by atoms with Crippen LogP contribution in [0.15, 0.2) is 47.6 Å². The van der Waals surface area contributed by atoms with Crippen molar-refractivity contribution in [2.45, 2.75) is 10.6 Å². The molecule has 0 aliphatic carbocycles. The van der Waals surface area contributed by atoms with Crippen molar-refractivity contribution in [1.82, 2.24) is 4.98 Å². The molecule has 0 aliphatic rings. The van der Waals surface area contributed by atoms with Gasteiger partial charge in [0.25, 0.3) is 0 Å². The lowest BCUT2D eigenvalue weighted by atomic mass is 10.3. The second-order valence-electron chi connectivity index (χ2n) is 3.84. The zero-order valence-corrected chi connectivity index (χ0v) is 10.2. The highest BCUT2D eigenvalue weighted by Gasteiger charge is 2.15. The van der Waals surface area contributed by atoms with Crippen molar-refractivity contribution in [2.75, 3.05) is 5.73 Å². The fourth-order valence-corrected chi connectivity index (χ4v) is 2.83. The number of nitrogens with two attached hydrogens (primary N) is 1. The van der Waals surface area contributed by atoms with Gasteiger partial charge >= 0.3 is 0 Å². The van der Waals surface area contributed by atoms with Crippen LogP contribution >= 0.6 is 0 Å². The van der Waals surface area contributed by atoms with Crippen LogP contribution in [-0.2, 0) is 15.6 Å². The minimum atomic E-state index is -3.51. The van der Waals surface area contributed by atoms with E-state index in [0.717, 1.165) is 12.3 Å². The van der Waals surface area contributed by atoms with Crippen LogP contribution in [0.4, 0.5) is 10.1 Å². The average Bonchev–Trinajstić information content (AvgIpc) is 2.29. The van der Waals surface area contributed by atoms with Crippen molar-refractivity contribution in [3.63, 3.8) is 0 Å². The first kappa shape index (κ1) is 12.5. The van der Waals surface area contributed by atoms with Crippen molar-refractivity contribution in [3.05, 3.63) is 54.1 Å². The molecule has 0 aliphatic heterocycles. The van der Waals surface area contributed by atoms with E-state index in [1.165, 1.54) is 30.5 Å². The number of rotatable bonds is 3. The SMILES string of the molecule is Nc1ccc(S(=O)(=O)Cc2cncc(F)c2)cc1. The van der Waals surface area contributed by atoms with Gasteiger partial charge in [-0.05, 0) is 35.9 Å². The highest BCUT2D eigenvalue weighted by Crippen LogP contribution is 2.17. The minimum Gasteiger partial charge on any atom is -0.399 e. The lowest BCUT2D eigenvalue weighted by molar-refractivity contribution is 0.594. The van der Waals surface area contributed by atoms with Gasteiger partial charge in [0.2, 0.25) is 0 Å². The zero-order chi connectivity index (χ0) is 13.2. The molecule has 0 saturated heterocycles. The number of halogens is 1. The molecule has 4 nitrogen and oxygen atoms in total. The Morgan fingerprint density at radius 2 is 1.83 bits per heavy atom. The Morgan fingerprint density at radius 3 is 2.44 bits per heavy atom. The highest BCUT2D eigenvalue weighted by atomic mass is 32.2. The summed E-state index contributed by atoms with van der Waals surface area (Å²) in [5.74, 6) is -0.846. The number of benzene rings is 1. The van der Waals surface area contributed by atoms with Crippen molar-refractivity contribution < 1.29 is 12.8 Å². The van der Waals surface area contributed by atoms with Crippen molar-refractivity contribution in [2.24, 2.45) is 0 Å². The van der Waals surface area contributed by atoms with Crippen LogP contribution in [0.1, 0.15) is 5.56 Å². The summed E-state index contributed by atoms with van der Waals surface area (Å²) in [5.41, 5.74) is 6.29. The van der Waals surface area contributed by atoms with Crippen LogP contribution in [0.5, 0.6) is 0 Å². The van der Waals surface area contributed by atoms with Gasteiger partial charge in [0.05, 0.1) is 16.8 Å². The molecule has 0 unspecified atom stereocenters. The maximum atomic E-state index is 12.9. The van der Waals surface area contributed by atoms with E-state index in [0.29, 0.717) is 11.3 Å². The molecule has 18 heavy (non-hydrogen) atoms. The summed E-state index contributed by atoms with van der Waals surface area (Å²) in [6.07, 6.45) is 2.36. The molecule has 0 amide bonds. The number of nitrogen functional groups attached to an aromatic ring is 1. The first-order valence-electron chi connectivity index (χ1n) is 5.15. The van der Waals surface area contributed by atoms with Gasteiger partial charge in [0, 0.05) is 11.9 Å². The van der Waals surface area contributed by atoms with Gasteiger partial charge in [-0.3, -0.25) is 4.98 Å². The Kier molecular flexibility index (Phi) is 3.29. The molecule has 0 spiro atoms. The molecule has 1 heterocycles. The van der Waals surface area contributed by atoms with E-state index in [1.807, 2.05) is 0 Å². The van der Waals surface area contributed by atoms with Crippen LogP contribution in [-0.4, -0.2) is 13.4 Å². The summed E-state index contributed by atoms with van der Waals surface area (Å²) in [6.45, 7) is 0. The Labute approximate surface area is 104 Å². The predicted octanol–water partition coefficient (Wildman–Crippen LogP) is 1.78. The summed E-state index contributed by atoms with van der Waals surface area (Å²) in [4.78, 5) is 3.77. The van der Waals surface area contributed by atoms with Gasteiger partial charge in [0.15, 0.2) is 9.84 Å². The van der Waals surface area contributed by atoms with Gasteiger partial charge in [-0.25, -0.2) is 12.8 Å². The first-order valence-corrected chi connectivity index (χ1v) is 6.80. The molecule has 1 aromatic heterocycles. The van der Waals surface area contributed by atoms with Gasteiger partial charge in [-0.15, -0.1) is 0 Å². The molecule has 0 fully saturated rings. The molecule has 2 N–H and O–H groups in total. The van der Waals surface area contributed by atoms with Crippen molar-refractivity contribution in [1.29, 1.82) is 0 Å². The molecule has 2 rings (SSSR count). The molecule has 6 heteroatoms. The second kappa shape index (κ2) is 4.73. The lowest BCUT2D eigenvalue weighted by Crippen LogP contribution is -2.05. The van der Waals surface area contributed by atoms with Crippen molar-refractivity contribution in [3.8, 4) is 0 Å². The van der Waals surface area contributed by atoms with E-state index in [1.54, 1.807) is 0 Å². The molecule has 0 saturated carbocycles. The summed E-state index contributed by atoms with van der Waals surface area (Å²) in [7, 11) is -3.51. The smallest absolute Gasteiger partial charge is 0.182 e. The van der Waals surface area contributed by atoms with E-state index in [4.69, 9.17) is 5.73 Å². The number of hydrogen-bond donors (Lipinski definition) is 1. The van der Waals surface area contributed by atoms with Gasteiger partial charge < -0.3 is 5.73 Å². The summed E-state index contributed by atoms with van der Waals surface area (Å²) < 4.78 is 37.0. The summed E-state index contributed by atoms with van der Waals surface area (Å²) in [6, 6.07) is 7.03. The topological polar surface area (TPSA) is 73.1 Å². The Hall–Kier alpha value is -1.95. The molecular weight excluding hydrogens is 255 g/mol. The number of nitrogens with zero attached hydrogens (tertiary/aromatic N) is 1. The normalized spacial score (nSPS) is 11.4. The van der Waals surface area contributed by atoms with E-state index in [2.05, 4.69) is 4.98 Å². The number of anilines is 1. The van der Waals surface area contributed by atoms with Crippen LogP contribution in [0.3, 0.4) is 0 Å². The largest absolute Gasteiger partial charge is 0.399 e. The van der Waals surface area contributed by atoms with Crippen LogP contribution in [0.25, 0.3) is 0 Å². The Morgan fingerprint density at radius 1 is 1.17 bits per heavy atom. The van der Waals surface area contributed by atoms with E-state index in [9.17, 15) is 12.8 Å². The molecule has 0 atom stereocenters. The molecule has 0 bridgehead atoms. The Bertz CT molecular complexity index is 654. The number of hydrogen-bond acceptors (Lipinski definition) is 4. The molecule has 0 radical (unpaired) electrons.